The van der Waals surface area contributed by atoms with E-state index in [1.54, 1.807) is 0 Å². The molecular formula is C13H19ClN2O. The van der Waals surface area contributed by atoms with Crippen LogP contribution in [-0.2, 0) is 4.79 Å². The molecule has 3 nitrogen and oxygen atoms in total. The molecule has 0 aliphatic carbocycles. The zero-order valence-corrected chi connectivity index (χ0v) is 11.3. The minimum Gasteiger partial charge on any atom is -0.374 e. The Hall–Kier alpha value is -1.22. The van der Waals surface area contributed by atoms with Crippen molar-refractivity contribution in [1.29, 1.82) is 0 Å². The van der Waals surface area contributed by atoms with E-state index in [9.17, 15) is 4.79 Å². The van der Waals surface area contributed by atoms with Gasteiger partial charge >= 0.3 is 0 Å². The average Bonchev–Trinajstić information content (AvgIpc) is 2.30. The summed E-state index contributed by atoms with van der Waals surface area (Å²) in [6.45, 7) is 6.51. The maximum absolute atomic E-state index is 11.7. The number of amides is 1. The van der Waals surface area contributed by atoms with Crippen molar-refractivity contribution in [2.45, 2.75) is 33.2 Å². The zero-order chi connectivity index (χ0) is 12.8. The van der Waals surface area contributed by atoms with Crippen molar-refractivity contribution in [2.24, 2.45) is 0 Å². The van der Waals surface area contributed by atoms with Gasteiger partial charge in [0.2, 0.25) is 5.91 Å². The summed E-state index contributed by atoms with van der Waals surface area (Å²) in [7, 11) is 0. The van der Waals surface area contributed by atoms with E-state index in [2.05, 4.69) is 10.6 Å². The molecule has 1 aromatic rings. The van der Waals surface area contributed by atoms with Crippen molar-refractivity contribution < 1.29 is 4.79 Å². The van der Waals surface area contributed by atoms with Gasteiger partial charge in [-0.3, -0.25) is 4.79 Å². The molecule has 0 spiro atoms. The summed E-state index contributed by atoms with van der Waals surface area (Å²) in [6, 6.07) is 5.42. The summed E-state index contributed by atoms with van der Waals surface area (Å²) >= 11 is 6.02. The van der Waals surface area contributed by atoms with Crippen LogP contribution in [0.3, 0.4) is 0 Å². The second-order valence-corrected chi connectivity index (χ2v) is 4.53. The molecule has 1 amide bonds. The predicted octanol–water partition coefficient (Wildman–Crippen LogP) is 2.98. The largest absolute Gasteiger partial charge is 0.374 e. The van der Waals surface area contributed by atoms with E-state index >= 15 is 0 Å². The molecule has 0 aliphatic heterocycles. The molecule has 0 saturated carbocycles. The van der Waals surface area contributed by atoms with E-state index in [-0.39, 0.29) is 11.9 Å². The van der Waals surface area contributed by atoms with Gasteiger partial charge in [0.25, 0.3) is 0 Å². The topological polar surface area (TPSA) is 41.1 Å². The van der Waals surface area contributed by atoms with E-state index in [1.807, 2.05) is 39.0 Å². The van der Waals surface area contributed by atoms with Crippen molar-refractivity contribution in [2.75, 3.05) is 11.9 Å². The van der Waals surface area contributed by atoms with Crippen LogP contribution in [0.1, 0.15) is 25.8 Å². The third-order valence-corrected chi connectivity index (χ3v) is 2.90. The van der Waals surface area contributed by atoms with Gasteiger partial charge in [-0.2, -0.15) is 0 Å². The van der Waals surface area contributed by atoms with Crippen LogP contribution >= 0.6 is 11.6 Å². The lowest BCUT2D eigenvalue weighted by Gasteiger charge is -2.15. The Labute approximate surface area is 108 Å². The highest BCUT2D eigenvalue weighted by Crippen LogP contribution is 2.20. The SMILES string of the molecule is CCCNC(=O)C(C)Nc1ccc(C)c(Cl)c1. The first-order chi connectivity index (χ1) is 8.04. The highest BCUT2D eigenvalue weighted by molar-refractivity contribution is 6.31. The van der Waals surface area contributed by atoms with Crippen molar-refractivity contribution in [3.05, 3.63) is 28.8 Å². The number of carbonyl (C=O) groups excluding carboxylic acids is 1. The van der Waals surface area contributed by atoms with Crippen LogP contribution in [0.15, 0.2) is 18.2 Å². The van der Waals surface area contributed by atoms with E-state index in [1.165, 1.54) is 0 Å². The van der Waals surface area contributed by atoms with Crippen LogP contribution in [0.2, 0.25) is 5.02 Å². The molecule has 0 aromatic heterocycles. The van der Waals surface area contributed by atoms with Gasteiger partial charge in [0.05, 0.1) is 0 Å². The lowest BCUT2D eigenvalue weighted by atomic mass is 10.2. The fourth-order valence-corrected chi connectivity index (χ4v) is 1.58. The molecular weight excluding hydrogens is 236 g/mol. The minimum absolute atomic E-state index is 0.00328. The fraction of sp³-hybridized carbons (Fsp3) is 0.462. The highest BCUT2D eigenvalue weighted by atomic mass is 35.5. The Morgan fingerprint density at radius 1 is 1.47 bits per heavy atom. The number of halogens is 1. The molecule has 0 aliphatic rings. The van der Waals surface area contributed by atoms with Crippen molar-refractivity contribution in [3.8, 4) is 0 Å². The number of aryl methyl sites for hydroxylation is 1. The summed E-state index contributed by atoms with van der Waals surface area (Å²) in [5.74, 6) is 0.00328. The maximum atomic E-state index is 11.7. The van der Waals surface area contributed by atoms with Crippen LogP contribution in [0.25, 0.3) is 0 Å². The van der Waals surface area contributed by atoms with E-state index < -0.39 is 0 Å². The molecule has 17 heavy (non-hydrogen) atoms. The summed E-state index contributed by atoms with van der Waals surface area (Å²) in [5.41, 5.74) is 1.89. The molecule has 0 radical (unpaired) electrons. The molecule has 1 atom stereocenters. The number of anilines is 1. The maximum Gasteiger partial charge on any atom is 0.242 e. The van der Waals surface area contributed by atoms with E-state index in [0.717, 1.165) is 17.7 Å². The Bertz CT molecular complexity index is 393. The van der Waals surface area contributed by atoms with Crippen LogP contribution < -0.4 is 10.6 Å². The number of carbonyl (C=O) groups is 1. The third kappa shape index (κ3) is 4.27. The summed E-state index contributed by atoms with van der Waals surface area (Å²) in [5, 5.41) is 6.67. The van der Waals surface area contributed by atoms with Crippen molar-refractivity contribution in [1.82, 2.24) is 5.32 Å². The van der Waals surface area contributed by atoms with Gasteiger partial charge in [-0.25, -0.2) is 0 Å². The van der Waals surface area contributed by atoms with Crippen LogP contribution in [-0.4, -0.2) is 18.5 Å². The molecule has 4 heteroatoms. The molecule has 1 aromatic carbocycles. The van der Waals surface area contributed by atoms with Crippen LogP contribution in [0.5, 0.6) is 0 Å². The summed E-state index contributed by atoms with van der Waals surface area (Å²) < 4.78 is 0. The smallest absolute Gasteiger partial charge is 0.242 e. The molecule has 94 valence electrons. The second-order valence-electron chi connectivity index (χ2n) is 4.12. The molecule has 0 bridgehead atoms. The van der Waals surface area contributed by atoms with Gasteiger partial charge in [0, 0.05) is 17.3 Å². The van der Waals surface area contributed by atoms with Gasteiger partial charge < -0.3 is 10.6 Å². The average molecular weight is 255 g/mol. The number of benzene rings is 1. The molecule has 0 fully saturated rings. The normalized spacial score (nSPS) is 12.0. The molecule has 0 heterocycles. The first-order valence-electron chi connectivity index (χ1n) is 5.85. The van der Waals surface area contributed by atoms with E-state index in [0.29, 0.717) is 11.6 Å². The first kappa shape index (κ1) is 13.8. The summed E-state index contributed by atoms with van der Waals surface area (Å²) in [4.78, 5) is 11.7. The lowest BCUT2D eigenvalue weighted by Crippen LogP contribution is -2.37. The van der Waals surface area contributed by atoms with E-state index in [4.69, 9.17) is 11.6 Å². The number of rotatable bonds is 5. The Kier molecular flexibility index (Phi) is 5.29. The van der Waals surface area contributed by atoms with Gasteiger partial charge in [-0.05, 0) is 38.0 Å². The van der Waals surface area contributed by atoms with Crippen LogP contribution in [0.4, 0.5) is 5.69 Å². The number of nitrogens with one attached hydrogen (secondary N) is 2. The Balaban J connectivity index is 2.58. The Morgan fingerprint density at radius 3 is 2.76 bits per heavy atom. The molecule has 1 rings (SSSR count). The Morgan fingerprint density at radius 2 is 2.18 bits per heavy atom. The summed E-state index contributed by atoms with van der Waals surface area (Å²) in [6.07, 6.45) is 0.939. The lowest BCUT2D eigenvalue weighted by molar-refractivity contribution is -0.121. The van der Waals surface area contributed by atoms with Crippen LogP contribution in [0, 0.1) is 6.92 Å². The van der Waals surface area contributed by atoms with Gasteiger partial charge in [0.1, 0.15) is 6.04 Å². The zero-order valence-electron chi connectivity index (χ0n) is 10.5. The number of hydrogen-bond acceptors (Lipinski definition) is 2. The first-order valence-corrected chi connectivity index (χ1v) is 6.22. The third-order valence-electron chi connectivity index (χ3n) is 2.50. The van der Waals surface area contributed by atoms with Gasteiger partial charge in [0.15, 0.2) is 0 Å². The standard InChI is InChI=1S/C13H19ClN2O/c1-4-7-15-13(17)10(3)16-11-6-5-9(2)12(14)8-11/h5-6,8,10,16H,4,7H2,1-3H3,(H,15,17). The predicted molar refractivity (Wildman–Crippen MR) is 72.6 cm³/mol. The monoisotopic (exact) mass is 254 g/mol. The number of hydrogen-bond donors (Lipinski definition) is 2. The van der Waals surface area contributed by atoms with Crippen molar-refractivity contribution in [3.63, 3.8) is 0 Å². The molecule has 0 saturated heterocycles. The molecule has 1 unspecified atom stereocenters. The van der Waals surface area contributed by atoms with Crippen molar-refractivity contribution >= 4 is 23.2 Å². The fourth-order valence-electron chi connectivity index (χ4n) is 1.40. The quantitative estimate of drug-likeness (QED) is 0.848. The minimum atomic E-state index is -0.264. The van der Waals surface area contributed by atoms with Gasteiger partial charge in [-0.1, -0.05) is 24.6 Å². The molecule has 2 N–H and O–H groups in total. The second kappa shape index (κ2) is 6.50. The highest BCUT2D eigenvalue weighted by Gasteiger charge is 2.11. The van der Waals surface area contributed by atoms with Gasteiger partial charge in [-0.15, -0.1) is 0 Å².